The predicted molar refractivity (Wildman–Crippen MR) is 88.6 cm³/mol. The van der Waals surface area contributed by atoms with Crippen LogP contribution in [0.4, 0.5) is 4.79 Å². The van der Waals surface area contributed by atoms with E-state index in [1.54, 1.807) is 0 Å². The zero-order chi connectivity index (χ0) is 17.2. The smallest absolute Gasteiger partial charge is 0.407 e. The first-order valence-corrected chi connectivity index (χ1v) is 8.94. The molecule has 2 fully saturated rings. The lowest BCUT2D eigenvalue weighted by molar-refractivity contribution is 0.0488. The first-order valence-electron chi connectivity index (χ1n) is 8.94. The fraction of sp³-hybridized carbons (Fsp3) is 0.824. The van der Waals surface area contributed by atoms with Crippen molar-refractivity contribution in [3.8, 4) is 0 Å². The summed E-state index contributed by atoms with van der Waals surface area (Å²) in [4.78, 5) is 14.2. The fourth-order valence-electron chi connectivity index (χ4n) is 3.01. The van der Waals surface area contributed by atoms with Crippen LogP contribution in [0.2, 0.25) is 0 Å². The van der Waals surface area contributed by atoms with Crippen molar-refractivity contribution < 1.29 is 13.9 Å². The highest BCUT2D eigenvalue weighted by atomic mass is 16.6. The molecule has 1 saturated heterocycles. The molecule has 1 aromatic rings. The van der Waals surface area contributed by atoms with Crippen molar-refractivity contribution in [2.45, 2.75) is 77.0 Å². The number of nitrogens with one attached hydrogen (secondary N) is 1. The van der Waals surface area contributed by atoms with Crippen LogP contribution < -0.4 is 5.32 Å². The third-order valence-corrected chi connectivity index (χ3v) is 4.38. The maximum atomic E-state index is 11.9. The fourth-order valence-corrected chi connectivity index (χ4v) is 3.01. The van der Waals surface area contributed by atoms with E-state index in [1.165, 1.54) is 6.42 Å². The lowest BCUT2D eigenvalue weighted by atomic mass is 10.0. The van der Waals surface area contributed by atoms with Gasteiger partial charge in [-0.2, -0.15) is 0 Å². The zero-order valence-corrected chi connectivity index (χ0v) is 14.9. The van der Waals surface area contributed by atoms with Gasteiger partial charge in [-0.1, -0.05) is 6.42 Å². The summed E-state index contributed by atoms with van der Waals surface area (Å²) in [6.07, 6.45) is 5.35. The minimum atomic E-state index is -0.473. The highest BCUT2D eigenvalue weighted by molar-refractivity contribution is 5.67. The maximum absolute atomic E-state index is 11.9. The van der Waals surface area contributed by atoms with Gasteiger partial charge in [-0.05, 0) is 53.0 Å². The van der Waals surface area contributed by atoms with E-state index in [1.807, 2.05) is 20.8 Å². The van der Waals surface area contributed by atoms with Crippen molar-refractivity contribution in [3.05, 3.63) is 11.8 Å². The average Bonchev–Trinajstić information content (AvgIpc) is 3.25. The summed E-state index contributed by atoms with van der Waals surface area (Å²) in [5.74, 6) is 1.95. The van der Waals surface area contributed by atoms with Gasteiger partial charge >= 0.3 is 6.09 Å². The molecule has 0 aromatic carbocycles. The molecule has 1 aliphatic carbocycles. The topological polar surface area (TPSA) is 80.5 Å². The Bertz CT molecular complexity index is 562. The maximum Gasteiger partial charge on any atom is 0.407 e. The lowest BCUT2D eigenvalue weighted by Gasteiger charge is -2.34. The SMILES string of the molecule is CC(C)(C)OC(=O)NC[C@@H]1CCCCN1Cc1nnc(C2CC2)o1. The van der Waals surface area contributed by atoms with Crippen LogP contribution in [0.1, 0.15) is 70.6 Å². The second-order valence-corrected chi connectivity index (χ2v) is 7.81. The van der Waals surface area contributed by atoms with Crippen LogP contribution in [-0.2, 0) is 11.3 Å². The molecule has 134 valence electrons. The van der Waals surface area contributed by atoms with E-state index in [0.29, 0.717) is 24.9 Å². The summed E-state index contributed by atoms with van der Waals surface area (Å²) in [5.41, 5.74) is -0.473. The van der Waals surface area contributed by atoms with E-state index >= 15 is 0 Å². The van der Waals surface area contributed by atoms with E-state index < -0.39 is 5.60 Å². The number of nitrogens with zero attached hydrogens (tertiary/aromatic N) is 3. The van der Waals surface area contributed by atoms with Gasteiger partial charge in [0, 0.05) is 18.5 Å². The van der Waals surface area contributed by atoms with Gasteiger partial charge in [-0.25, -0.2) is 4.79 Å². The Hall–Kier alpha value is -1.63. The number of carbonyl (C=O) groups is 1. The van der Waals surface area contributed by atoms with Gasteiger partial charge in [-0.15, -0.1) is 10.2 Å². The normalized spacial score (nSPS) is 22.4. The number of likely N-dealkylation sites (tertiary alicyclic amines) is 1. The Labute approximate surface area is 143 Å². The molecule has 1 saturated carbocycles. The lowest BCUT2D eigenvalue weighted by Crippen LogP contribution is -2.47. The summed E-state index contributed by atoms with van der Waals surface area (Å²) in [6.45, 7) is 7.83. The number of rotatable bonds is 5. The molecule has 2 aliphatic rings. The second-order valence-electron chi connectivity index (χ2n) is 7.81. The Kier molecular flexibility index (Phi) is 5.08. The Morgan fingerprint density at radius 3 is 2.79 bits per heavy atom. The minimum Gasteiger partial charge on any atom is -0.444 e. The van der Waals surface area contributed by atoms with E-state index in [0.717, 1.165) is 38.1 Å². The summed E-state index contributed by atoms with van der Waals surface area (Å²) in [5, 5.41) is 11.2. The first-order chi connectivity index (χ1) is 11.4. The standard InChI is InChI=1S/C17H28N4O3/c1-17(2,3)24-16(22)18-10-13-6-4-5-9-21(13)11-14-19-20-15(23-14)12-7-8-12/h12-13H,4-11H2,1-3H3,(H,18,22)/t13-/m0/s1. The van der Waals surface area contributed by atoms with E-state index in [4.69, 9.17) is 9.15 Å². The van der Waals surface area contributed by atoms with Crippen molar-refractivity contribution in [2.75, 3.05) is 13.1 Å². The number of hydrogen-bond donors (Lipinski definition) is 1. The molecule has 1 amide bonds. The van der Waals surface area contributed by atoms with Gasteiger partial charge in [0.25, 0.3) is 0 Å². The third kappa shape index (κ3) is 4.93. The molecule has 0 unspecified atom stereocenters. The highest BCUT2D eigenvalue weighted by Gasteiger charge is 2.30. The molecule has 24 heavy (non-hydrogen) atoms. The minimum absolute atomic E-state index is 0.280. The number of hydrogen-bond acceptors (Lipinski definition) is 6. The summed E-state index contributed by atoms with van der Waals surface area (Å²) < 4.78 is 11.1. The molecule has 0 radical (unpaired) electrons. The van der Waals surface area contributed by atoms with Crippen molar-refractivity contribution in [1.82, 2.24) is 20.4 Å². The highest BCUT2D eigenvalue weighted by Crippen LogP contribution is 2.39. The van der Waals surface area contributed by atoms with E-state index in [9.17, 15) is 4.79 Å². The predicted octanol–water partition coefficient (Wildman–Crippen LogP) is 2.83. The number of alkyl carbamates (subject to hydrolysis) is 1. The molecule has 7 nitrogen and oxygen atoms in total. The van der Waals surface area contributed by atoms with Gasteiger partial charge in [0.2, 0.25) is 11.8 Å². The molecule has 1 aliphatic heterocycles. The molecule has 0 spiro atoms. The van der Waals surface area contributed by atoms with Crippen LogP contribution >= 0.6 is 0 Å². The molecule has 7 heteroatoms. The van der Waals surface area contributed by atoms with Crippen LogP contribution in [0.5, 0.6) is 0 Å². The summed E-state index contributed by atoms with van der Waals surface area (Å²) in [6, 6.07) is 0.280. The van der Waals surface area contributed by atoms with Crippen LogP contribution in [-0.4, -0.2) is 45.9 Å². The molecule has 1 N–H and O–H groups in total. The Morgan fingerprint density at radius 1 is 1.29 bits per heavy atom. The molecular weight excluding hydrogens is 308 g/mol. The largest absolute Gasteiger partial charge is 0.444 e. The number of amides is 1. The Morgan fingerprint density at radius 2 is 2.08 bits per heavy atom. The second kappa shape index (κ2) is 7.09. The molecule has 2 heterocycles. The van der Waals surface area contributed by atoms with Gasteiger partial charge in [0.05, 0.1) is 6.54 Å². The van der Waals surface area contributed by atoms with Gasteiger partial charge in [0.15, 0.2) is 0 Å². The number of carbonyl (C=O) groups excluding carboxylic acids is 1. The molecular formula is C17H28N4O3. The van der Waals surface area contributed by atoms with Crippen molar-refractivity contribution in [3.63, 3.8) is 0 Å². The van der Waals surface area contributed by atoms with Gasteiger partial charge in [-0.3, -0.25) is 4.90 Å². The number of aromatic nitrogens is 2. The van der Waals surface area contributed by atoms with Crippen LogP contribution in [0.25, 0.3) is 0 Å². The molecule has 1 aromatic heterocycles. The van der Waals surface area contributed by atoms with Crippen molar-refractivity contribution in [1.29, 1.82) is 0 Å². The van der Waals surface area contributed by atoms with Crippen LogP contribution in [0.15, 0.2) is 4.42 Å². The van der Waals surface area contributed by atoms with Gasteiger partial charge < -0.3 is 14.5 Å². The first kappa shape index (κ1) is 17.2. The van der Waals surface area contributed by atoms with Crippen molar-refractivity contribution in [2.24, 2.45) is 0 Å². The molecule has 1 atom stereocenters. The monoisotopic (exact) mass is 336 g/mol. The summed E-state index contributed by atoms with van der Waals surface area (Å²) >= 11 is 0. The van der Waals surface area contributed by atoms with Crippen LogP contribution in [0, 0.1) is 0 Å². The Balaban J connectivity index is 1.51. The number of ether oxygens (including phenoxy) is 1. The molecule has 3 rings (SSSR count). The average molecular weight is 336 g/mol. The van der Waals surface area contributed by atoms with Gasteiger partial charge in [0.1, 0.15) is 5.60 Å². The number of piperidine rings is 1. The van der Waals surface area contributed by atoms with E-state index in [-0.39, 0.29) is 12.1 Å². The van der Waals surface area contributed by atoms with Crippen LogP contribution in [0.3, 0.4) is 0 Å². The quantitative estimate of drug-likeness (QED) is 0.890. The molecule has 0 bridgehead atoms. The summed E-state index contributed by atoms with van der Waals surface area (Å²) in [7, 11) is 0. The van der Waals surface area contributed by atoms with E-state index in [2.05, 4.69) is 20.4 Å². The van der Waals surface area contributed by atoms with Crippen molar-refractivity contribution >= 4 is 6.09 Å². The third-order valence-electron chi connectivity index (χ3n) is 4.38. The zero-order valence-electron chi connectivity index (χ0n) is 14.9.